The van der Waals surface area contributed by atoms with E-state index >= 15 is 0 Å². The van der Waals surface area contributed by atoms with Gasteiger partial charge in [-0.2, -0.15) is 0 Å². The van der Waals surface area contributed by atoms with Gasteiger partial charge in [0.25, 0.3) is 0 Å². The Morgan fingerprint density at radius 3 is 3.08 bits per heavy atom. The topological polar surface area (TPSA) is 38.9 Å². The van der Waals surface area contributed by atoms with Gasteiger partial charge in [0.05, 0.1) is 0 Å². The minimum absolute atomic E-state index is 0.622. The standard InChI is InChI=1S/C10H12N2/c1-9-8-10(5-7-12-9)4-2-3-6-11/h5,7-8H,3,6,11H2,1H3. The van der Waals surface area contributed by atoms with Crippen molar-refractivity contribution >= 4 is 0 Å². The van der Waals surface area contributed by atoms with Crippen LogP contribution in [0.1, 0.15) is 17.7 Å². The maximum absolute atomic E-state index is 5.31. The van der Waals surface area contributed by atoms with Gasteiger partial charge < -0.3 is 5.73 Å². The molecule has 0 aliphatic heterocycles. The Kier molecular flexibility index (Phi) is 3.31. The fraction of sp³-hybridized carbons (Fsp3) is 0.300. The van der Waals surface area contributed by atoms with Gasteiger partial charge in [-0.25, -0.2) is 0 Å². The van der Waals surface area contributed by atoms with Crippen molar-refractivity contribution in [3.05, 3.63) is 29.6 Å². The molecule has 2 N–H and O–H groups in total. The second-order valence-corrected chi connectivity index (χ2v) is 2.53. The summed E-state index contributed by atoms with van der Waals surface area (Å²) in [4.78, 5) is 4.08. The highest BCUT2D eigenvalue weighted by Gasteiger charge is 1.86. The molecule has 0 aliphatic rings. The lowest BCUT2D eigenvalue weighted by atomic mass is 10.2. The molecule has 0 spiro atoms. The van der Waals surface area contributed by atoms with Crippen LogP contribution in [0.25, 0.3) is 0 Å². The first-order chi connectivity index (χ1) is 5.83. The molecule has 1 aromatic heterocycles. The van der Waals surface area contributed by atoms with E-state index in [4.69, 9.17) is 5.73 Å². The Morgan fingerprint density at radius 1 is 1.58 bits per heavy atom. The number of pyridine rings is 1. The number of hydrogen-bond acceptors (Lipinski definition) is 2. The molecule has 12 heavy (non-hydrogen) atoms. The highest BCUT2D eigenvalue weighted by molar-refractivity contribution is 5.33. The molecule has 0 aromatic carbocycles. The summed E-state index contributed by atoms with van der Waals surface area (Å²) >= 11 is 0. The van der Waals surface area contributed by atoms with Crippen molar-refractivity contribution in [1.29, 1.82) is 0 Å². The van der Waals surface area contributed by atoms with Crippen LogP contribution in [0.5, 0.6) is 0 Å². The van der Waals surface area contributed by atoms with E-state index in [0.29, 0.717) is 6.54 Å². The monoisotopic (exact) mass is 160 g/mol. The molecule has 1 rings (SSSR count). The van der Waals surface area contributed by atoms with Crippen LogP contribution >= 0.6 is 0 Å². The molecule has 62 valence electrons. The summed E-state index contributed by atoms with van der Waals surface area (Å²) in [6, 6.07) is 3.86. The molecule has 0 saturated heterocycles. The Morgan fingerprint density at radius 2 is 2.42 bits per heavy atom. The maximum atomic E-state index is 5.31. The number of nitrogens with zero attached hydrogens (tertiary/aromatic N) is 1. The van der Waals surface area contributed by atoms with Gasteiger partial charge in [-0.1, -0.05) is 11.8 Å². The van der Waals surface area contributed by atoms with Crippen molar-refractivity contribution in [2.45, 2.75) is 13.3 Å². The Labute approximate surface area is 72.8 Å². The summed E-state index contributed by atoms with van der Waals surface area (Å²) < 4.78 is 0. The summed E-state index contributed by atoms with van der Waals surface area (Å²) in [5, 5.41) is 0. The van der Waals surface area contributed by atoms with Crippen molar-refractivity contribution in [3.63, 3.8) is 0 Å². The predicted molar refractivity (Wildman–Crippen MR) is 49.5 cm³/mol. The van der Waals surface area contributed by atoms with Gasteiger partial charge in [0.15, 0.2) is 0 Å². The number of nitrogens with two attached hydrogens (primary N) is 1. The van der Waals surface area contributed by atoms with Crippen LogP contribution in [0.3, 0.4) is 0 Å². The number of rotatable bonds is 1. The molecule has 1 aromatic rings. The quantitative estimate of drug-likeness (QED) is 0.624. The third kappa shape index (κ3) is 2.73. The second-order valence-electron chi connectivity index (χ2n) is 2.53. The molecule has 0 unspecified atom stereocenters. The lowest BCUT2D eigenvalue weighted by Crippen LogP contribution is -1.95. The molecule has 0 aliphatic carbocycles. The average Bonchev–Trinajstić information content (AvgIpc) is 2.05. The molecule has 0 amide bonds. The highest BCUT2D eigenvalue weighted by Crippen LogP contribution is 1.97. The third-order valence-corrected chi connectivity index (χ3v) is 1.40. The zero-order chi connectivity index (χ0) is 8.81. The summed E-state index contributed by atoms with van der Waals surface area (Å²) in [5.41, 5.74) is 7.31. The number of aryl methyl sites for hydroxylation is 1. The zero-order valence-electron chi connectivity index (χ0n) is 7.17. The Balaban J connectivity index is 2.71. The third-order valence-electron chi connectivity index (χ3n) is 1.40. The fourth-order valence-electron chi connectivity index (χ4n) is 0.860. The van der Waals surface area contributed by atoms with Crippen molar-refractivity contribution < 1.29 is 0 Å². The first-order valence-electron chi connectivity index (χ1n) is 3.94. The predicted octanol–water partition coefficient (Wildman–Crippen LogP) is 1.09. The zero-order valence-corrected chi connectivity index (χ0v) is 7.17. The van der Waals surface area contributed by atoms with Crippen molar-refractivity contribution in [2.75, 3.05) is 6.54 Å². The van der Waals surface area contributed by atoms with Crippen LogP contribution in [0.2, 0.25) is 0 Å². The van der Waals surface area contributed by atoms with Crippen LogP contribution in [-0.4, -0.2) is 11.5 Å². The van der Waals surface area contributed by atoms with Crippen molar-refractivity contribution in [1.82, 2.24) is 4.98 Å². The van der Waals surface area contributed by atoms with Gasteiger partial charge in [-0.3, -0.25) is 4.98 Å². The van der Waals surface area contributed by atoms with Crippen LogP contribution in [0, 0.1) is 18.8 Å². The smallest absolute Gasteiger partial charge is 0.0385 e. The second kappa shape index (κ2) is 4.53. The van der Waals surface area contributed by atoms with E-state index in [9.17, 15) is 0 Å². The SMILES string of the molecule is Cc1cc(C#CCCN)ccn1. The molecule has 0 radical (unpaired) electrons. The lowest BCUT2D eigenvalue weighted by molar-refractivity contribution is 1.03. The van der Waals surface area contributed by atoms with E-state index in [2.05, 4.69) is 16.8 Å². The molecule has 0 fully saturated rings. The van der Waals surface area contributed by atoms with Crippen LogP contribution in [0.4, 0.5) is 0 Å². The van der Waals surface area contributed by atoms with Crippen LogP contribution < -0.4 is 5.73 Å². The van der Waals surface area contributed by atoms with E-state index in [0.717, 1.165) is 17.7 Å². The minimum atomic E-state index is 0.622. The first kappa shape index (κ1) is 8.76. The minimum Gasteiger partial charge on any atom is -0.330 e. The van der Waals surface area contributed by atoms with Crippen LogP contribution in [0.15, 0.2) is 18.3 Å². The lowest BCUT2D eigenvalue weighted by Gasteiger charge is -1.90. The van der Waals surface area contributed by atoms with E-state index < -0.39 is 0 Å². The highest BCUT2D eigenvalue weighted by atomic mass is 14.6. The summed E-state index contributed by atoms with van der Waals surface area (Å²) in [6.45, 7) is 2.57. The van der Waals surface area contributed by atoms with Gasteiger partial charge in [0, 0.05) is 30.4 Å². The fourth-order valence-corrected chi connectivity index (χ4v) is 0.860. The Bertz CT molecular complexity index is 307. The molecule has 0 atom stereocenters. The normalized spacial score (nSPS) is 8.83. The van der Waals surface area contributed by atoms with Crippen LogP contribution in [-0.2, 0) is 0 Å². The maximum Gasteiger partial charge on any atom is 0.0385 e. The molecule has 2 nitrogen and oxygen atoms in total. The number of hydrogen-bond donors (Lipinski definition) is 1. The molecule has 2 heteroatoms. The van der Waals surface area contributed by atoms with Crippen molar-refractivity contribution in [2.24, 2.45) is 5.73 Å². The average molecular weight is 160 g/mol. The summed E-state index contributed by atoms with van der Waals surface area (Å²) in [7, 11) is 0. The van der Waals surface area contributed by atoms with E-state index in [-0.39, 0.29) is 0 Å². The molecular weight excluding hydrogens is 148 g/mol. The molecule has 0 saturated carbocycles. The van der Waals surface area contributed by atoms with Crippen molar-refractivity contribution in [3.8, 4) is 11.8 Å². The van der Waals surface area contributed by atoms with Gasteiger partial charge in [-0.15, -0.1) is 0 Å². The molecule has 0 bridgehead atoms. The summed E-state index contributed by atoms with van der Waals surface area (Å²) in [5.74, 6) is 5.99. The van der Waals surface area contributed by atoms with Gasteiger partial charge in [0.2, 0.25) is 0 Å². The largest absolute Gasteiger partial charge is 0.330 e. The molecule has 1 heterocycles. The Hall–Kier alpha value is -1.33. The van der Waals surface area contributed by atoms with Gasteiger partial charge in [-0.05, 0) is 19.1 Å². The number of aromatic nitrogens is 1. The summed E-state index contributed by atoms with van der Waals surface area (Å²) in [6.07, 6.45) is 2.52. The first-order valence-corrected chi connectivity index (χ1v) is 3.94. The van der Waals surface area contributed by atoms with Gasteiger partial charge >= 0.3 is 0 Å². The van der Waals surface area contributed by atoms with E-state index in [1.165, 1.54) is 0 Å². The van der Waals surface area contributed by atoms with E-state index in [1.54, 1.807) is 6.20 Å². The van der Waals surface area contributed by atoms with E-state index in [1.807, 2.05) is 19.1 Å². The van der Waals surface area contributed by atoms with Gasteiger partial charge in [0.1, 0.15) is 0 Å². The molecular formula is C10H12N2.